The van der Waals surface area contributed by atoms with Crippen LogP contribution in [0.15, 0.2) is 54.9 Å². The number of hydrogen-bond donors (Lipinski definition) is 0. The molecular formula is C21H11F8N3. The number of halogens is 8. The number of imidazole rings is 1. The molecule has 3 nitrogen and oxygen atoms in total. The number of rotatable bonds is 3. The third-order valence-electron chi connectivity index (χ3n) is 4.72. The van der Waals surface area contributed by atoms with Gasteiger partial charge in [0.15, 0.2) is 17.5 Å². The van der Waals surface area contributed by atoms with Gasteiger partial charge in [-0.3, -0.25) is 0 Å². The Balaban J connectivity index is 1.71. The molecule has 2 aromatic rings. The highest BCUT2D eigenvalue weighted by Crippen LogP contribution is 2.37. The Morgan fingerprint density at radius 2 is 1.53 bits per heavy atom. The highest BCUT2D eigenvalue weighted by atomic mass is 19.4. The maximum Gasteiger partial charge on any atom is 0.416 e. The van der Waals surface area contributed by atoms with E-state index >= 15 is 0 Å². The monoisotopic (exact) mass is 457 g/mol. The van der Waals surface area contributed by atoms with Gasteiger partial charge in [-0.15, -0.1) is 0 Å². The summed E-state index contributed by atoms with van der Waals surface area (Å²) in [6, 6.07) is 6.31. The maximum atomic E-state index is 14.0. The van der Waals surface area contributed by atoms with Crippen LogP contribution >= 0.6 is 0 Å². The van der Waals surface area contributed by atoms with Gasteiger partial charge in [-0.05, 0) is 35.9 Å². The van der Waals surface area contributed by atoms with Crippen molar-refractivity contribution in [3.05, 3.63) is 83.2 Å². The van der Waals surface area contributed by atoms with Crippen LogP contribution in [0.4, 0.5) is 35.1 Å². The minimum Gasteiger partial charge on any atom is -0.348 e. The predicted molar refractivity (Wildman–Crippen MR) is 97.5 cm³/mol. The number of nitrogens with zero attached hydrogens (tertiary/aromatic N) is 3. The average Bonchev–Trinajstić information content (AvgIpc) is 3.12. The van der Waals surface area contributed by atoms with Crippen LogP contribution in [0.1, 0.15) is 16.7 Å². The van der Waals surface area contributed by atoms with Crippen molar-refractivity contribution in [1.29, 1.82) is 0 Å². The zero-order valence-electron chi connectivity index (χ0n) is 15.8. The van der Waals surface area contributed by atoms with E-state index in [9.17, 15) is 35.1 Å². The molecule has 2 heterocycles. The van der Waals surface area contributed by atoms with E-state index in [2.05, 4.69) is 9.97 Å². The fourth-order valence-corrected chi connectivity index (χ4v) is 3.20. The van der Waals surface area contributed by atoms with E-state index in [1.807, 2.05) is 0 Å². The molecule has 0 saturated heterocycles. The van der Waals surface area contributed by atoms with Gasteiger partial charge in [0.05, 0.1) is 22.4 Å². The van der Waals surface area contributed by atoms with Gasteiger partial charge in [0.2, 0.25) is 0 Å². The number of aromatic nitrogens is 3. The molecule has 32 heavy (non-hydrogen) atoms. The third-order valence-corrected chi connectivity index (χ3v) is 4.72. The Bertz CT molecular complexity index is 1260. The summed E-state index contributed by atoms with van der Waals surface area (Å²) < 4.78 is 107. The SMILES string of the molecule is Fc1cccc(-c2nc3ccn(Cc4ccc(C(F)(F)F)cc4C(F)(F)F)cc-3n2)c1F. The van der Waals surface area contributed by atoms with Crippen LogP contribution in [0.25, 0.3) is 22.8 Å². The summed E-state index contributed by atoms with van der Waals surface area (Å²) in [5.41, 5.74) is -2.91. The molecule has 0 bridgehead atoms. The second-order valence-corrected chi connectivity index (χ2v) is 6.90. The third kappa shape index (κ3) is 4.14. The molecule has 0 spiro atoms. The summed E-state index contributed by atoms with van der Waals surface area (Å²) in [5, 5.41) is 0. The molecule has 2 aliphatic rings. The molecule has 0 aromatic heterocycles. The highest BCUT2D eigenvalue weighted by molar-refractivity contribution is 5.66. The molecule has 0 atom stereocenters. The standard InChI is InChI=1S/C21H11F8N3/c22-15-3-1-2-13(18(15)23)19-30-16-6-7-32(10-17(16)31-19)9-11-4-5-12(20(24,25)26)8-14(11)21(27,28)29/h1-8,10H,9H2. The van der Waals surface area contributed by atoms with Crippen molar-refractivity contribution in [2.45, 2.75) is 18.9 Å². The first-order valence-electron chi connectivity index (χ1n) is 8.99. The van der Waals surface area contributed by atoms with Crippen molar-refractivity contribution in [2.75, 3.05) is 0 Å². The van der Waals surface area contributed by atoms with Crippen molar-refractivity contribution in [3.8, 4) is 22.8 Å². The topological polar surface area (TPSA) is 30.7 Å². The van der Waals surface area contributed by atoms with Crippen LogP contribution in [-0.2, 0) is 18.9 Å². The second-order valence-electron chi connectivity index (χ2n) is 6.90. The summed E-state index contributed by atoms with van der Waals surface area (Å²) in [4.78, 5) is 8.19. The Morgan fingerprint density at radius 1 is 0.812 bits per heavy atom. The van der Waals surface area contributed by atoms with Crippen molar-refractivity contribution in [2.24, 2.45) is 0 Å². The van der Waals surface area contributed by atoms with Gasteiger partial charge in [-0.1, -0.05) is 12.1 Å². The molecular weight excluding hydrogens is 446 g/mol. The molecule has 2 aliphatic heterocycles. The zero-order valence-corrected chi connectivity index (χ0v) is 15.8. The van der Waals surface area contributed by atoms with Gasteiger partial charge in [0.25, 0.3) is 0 Å². The summed E-state index contributed by atoms with van der Waals surface area (Å²) in [6.45, 7) is -0.403. The number of hydrogen-bond acceptors (Lipinski definition) is 2. The molecule has 0 saturated carbocycles. The fourth-order valence-electron chi connectivity index (χ4n) is 3.20. The molecule has 0 aliphatic carbocycles. The van der Waals surface area contributed by atoms with E-state index in [-0.39, 0.29) is 34.4 Å². The smallest absolute Gasteiger partial charge is 0.348 e. The van der Waals surface area contributed by atoms with E-state index in [0.29, 0.717) is 6.07 Å². The molecule has 4 rings (SSSR count). The molecule has 11 heteroatoms. The molecule has 166 valence electrons. The van der Waals surface area contributed by atoms with Crippen molar-refractivity contribution < 1.29 is 35.1 Å². The molecule has 0 unspecified atom stereocenters. The molecule has 0 N–H and O–H groups in total. The van der Waals surface area contributed by atoms with Gasteiger partial charge < -0.3 is 4.57 Å². The average molecular weight is 457 g/mol. The van der Waals surface area contributed by atoms with Crippen molar-refractivity contribution >= 4 is 0 Å². The quantitative estimate of drug-likeness (QED) is 0.333. The van der Waals surface area contributed by atoms with E-state index in [0.717, 1.165) is 12.1 Å². The number of pyridine rings is 1. The van der Waals surface area contributed by atoms with Crippen molar-refractivity contribution in [3.63, 3.8) is 0 Å². The fraction of sp³-hybridized carbons (Fsp3) is 0.143. The number of alkyl halides is 6. The normalized spacial score (nSPS) is 12.5. The summed E-state index contributed by atoms with van der Waals surface area (Å²) in [5.74, 6) is -2.34. The molecule has 0 fully saturated rings. The lowest BCUT2D eigenvalue weighted by Crippen LogP contribution is -2.15. The molecule has 2 aromatic carbocycles. The first-order chi connectivity index (χ1) is 14.9. The zero-order chi connectivity index (χ0) is 23.3. The summed E-state index contributed by atoms with van der Waals surface area (Å²) >= 11 is 0. The predicted octanol–water partition coefficient (Wildman–Crippen LogP) is 6.41. The minimum absolute atomic E-state index is 0.0710. The van der Waals surface area contributed by atoms with Gasteiger partial charge in [0.1, 0.15) is 5.69 Å². The molecule has 0 radical (unpaired) electrons. The Morgan fingerprint density at radius 3 is 2.22 bits per heavy atom. The van der Waals surface area contributed by atoms with Crippen molar-refractivity contribution in [1.82, 2.24) is 14.5 Å². The minimum atomic E-state index is -5.00. The lowest BCUT2D eigenvalue weighted by molar-refractivity contribution is -0.143. The second kappa shape index (κ2) is 7.57. The van der Waals surface area contributed by atoms with Crippen LogP contribution in [0, 0.1) is 11.6 Å². The van der Waals surface area contributed by atoms with Crippen LogP contribution < -0.4 is 0 Å². The van der Waals surface area contributed by atoms with Gasteiger partial charge in [-0.25, -0.2) is 18.7 Å². The Hall–Kier alpha value is -3.50. The van der Waals surface area contributed by atoms with E-state index in [1.165, 1.54) is 35.2 Å². The van der Waals surface area contributed by atoms with E-state index in [1.54, 1.807) is 0 Å². The summed E-state index contributed by atoms with van der Waals surface area (Å²) in [7, 11) is 0. The van der Waals surface area contributed by atoms with E-state index in [4.69, 9.17) is 0 Å². The summed E-state index contributed by atoms with van der Waals surface area (Å²) in [6.07, 6.45) is -7.23. The number of benzene rings is 2. The Kier molecular flexibility index (Phi) is 5.14. The van der Waals surface area contributed by atoms with Gasteiger partial charge in [0, 0.05) is 18.9 Å². The highest BCUT2D eigenvalue weighted by Gasteiger charge is 2.38. The lowest BCUT2D eigenvalue weighted by Gasteiger charge is -2.17. The van der Waals surface area contributed by atoms with Crippen LogP contribution in [0.5, 0.6) is 0 Å². The Labute approximate surface area is 175 Å². The van der Waals surface area contributed by atoms with Gasteiger partial charge >= 0.3 is 12.4 Å². The lowest BCUT2D eigenvalue weighted by atomic mass is 10.0. The van der Waals surface area contributed by atoms with E-state index < -0.39 is 41.7 Å². The van der Waals surface area contributed by atoms with Crippen LogP contribution in [0.3, 0.4) is 0 Å². The number of fused-ring (bicyclic) bond motifs is 1. The first-order valence-corrected chi connectivity index (χ1v) is 8.99. The first kappa shape index (κ1) is 21.7. The van der Waals surface area contributed by atoms with Gasteiger partial charge in [-0.2, -0.15) is 26.3 Å². The maximum absolute atomic E-state index is 14.0. The molecule has 0 amide bonds. The largest absolute Gasteiger partial charge is 0.416 e. The van der Waals surface area contributed by atoms with Crippen LogP contribution in [0.2, 0.25) is 0 Å². The van der Waals surface area contributed by atoms with Crippen LogP contribution in [-0.4, -0.2) is 14.5 Å².